The standard InChI is InChI=1S/C31H32O4/c1-2-31(14-4-3-5-15-31)35-30(34)20-11-7-8-17-18(20)9-6-10-19(17)23-16-24-25-21-12-13-22(28(21)32)26(25)27(23)29(24)33/h6-13,21-27H,2-5,14-16H2,1H3. The van der Waals surface area contributed by atoms with Crippen LogP contribution in [0.25, 0.3) is 10.8 Å². The summed E-state index contributed by atoms with van der Waals surface area (Å²) in [5, 5.41) is 1.95. The summed E-state index contributed by atoms with van der Waals surface area (Å²) in [5.41, 5.74) is 1.43. The maximum atomic E-state index is 13.5. The Kier molecular flexibility index (Phi) is 4.69. The van der Waals surface area contributed by atoms with Gasteiger partial charge >= 0.3 is 5.97 Å². The van der Waals surface area contributed by atoms with E-state index in [1.165, 1.54) is 6.42 Å². The molecule has 4 nitrogen and oxygen atoms in total. The van der Waals surface area contributed by atoms with E-state index in [4.69, 9.17) is 4.74 Å². The van der Waals surface area contributed by atoms with Crippen molar-refractivity contribution in [1.82, 2.24) is 0 Å². The van der Waals surface area contributed by atoms with E-state index >= 15 is 0 Å². The minimum absolute atomic E-state index is 0.00184. The van der Waals surface area contributed by atoms with Gasteiger partial charge in [-0.2, -0.15) is 0 Å². The molecule has 7 atom stereocenters. The molecule has 0 aromatic heterocycles. The van der Waals surface area contributed by atoms with Crippen LogP contribution in [0.1, 0.15) is 73.7 Å². The Morgan fingerprint density at radius 2 is 1.60 bits per heavy atom. The second-order valence-corrected chi connectivity index (χ2v) is 11.6. The molecular formula is C31H32O4. The summed E-state index contributed by atoms with van der Waals surface area (Å²) >= 11 is 0. The third kappa shape index (κ3) is 2.89. The van der Waals surface area contributed by atoms with Gasteiger partial charge in [-0.25, -0.2) is 4.79 Å². The van der Waals surface area contributed by atoms with Crippen LogP contribution in [0.2, 0.25) is 0 Å². The van der Waals surface area contributed by atoms with Crippen molar-refractivity contribution >= 4 is 28.3 Å². The van der Waals surface area contributed by atoms with Gasteiger partial charge in [-0.3, -0.25) is 9.59 Å². The summed E-state index contributed by atoms with van der Waals surface area (Å²) in [5.74, 6) is 0.759. The molecule has 0 spiro atoms. The van der Waals surface area contributed by atoms with Crippen LogP contribution in [0, 0.1) is 35.5 Å². The SMILES string of the molecule is CCC1(OC(=O)c2cccc3c(C4CC5C(=O)C4C4C6C=CC(C6=O)C54)cccc23)CCCCC1. The van der Waals surface area contributed by atoms with Crippen molar-refractivity contribution in [3.8, 4) is 0 Å². The second kappa shape index (κ2) is 7.62. The van der Waals surface area contributed by atoms with E-state index in [1.807, 2.05) is 24.3 Å². The average Bonchev–Trinajstić information content (AvgIpc) is 3.59. The number of hydrogen-bond donors (Lipinski definition) is 0. The van der Waals surface area contributed by atoms with Crippen LogP contribution in [0.4, 0.5) is 0 Å². The van der Waals surface area contributed by atoms with Crippen LogP contribution >= 0.6 is 0 Å². The van der Waals surface area contributed by atoms with E-state index < -0.39 is 0 Å². The Morgan fingerprint density at radius 1 is 0.886 bits per heavy atom. The zero-order valence-corrected chi connectivity index (χ0v) is 20.2. The molecule has 4 bridgehead atoms. The van der Waals surface area contributed by atoms with Gasteiger partial charge in [-0.1, -0.05) is 55.8 Å². The first-order valence-corrected chi connectivity index (χ1v) is 13.5. The number of esters is 1. The fourth-order valence-electron chi connectivity index (χ4n) is 8.67. The predicted octanol–water partition coefficient (Wildman–Crippen LogP) is 6.03. The van der Waals surface area contributed by atoms with Gasteiger partial charge in [0.15, 0.2) is 0 Å². The maximum absolute atomic E-state index is 13.5. The number of hydrogen-bond acceptors (Lipinski definition) is 4. The van der Waals surface area contributed by atoms with E-state index in [-0.39, 0.29) is 53.0 Å². The lowest BCUT2D eigenvalue weighted by Gasteiger charge is -2.36. The molecule has 4 fully saturated rings. The number of fused-ring (bicyclic) bond motifs is 10. The fourth-order valence-corrected chi connectivity index (χ4v) is 8.67. The fraction of sp³-hybridized carbons (Fsp3) is 0.516. The number of benzene rings is 2. The lowest BCUT2D eigenvalue weighted by Crippen LogP contribution is -2.36. The summed E-state index contributed by atoms with van der Waals surface area (Å²) < 4.78 is 6.22. The van der Waals surface area contributed by atoms with Crippen molar-refractivity contribution in [1.29, 1.82) is 0 Å². The summed E-state index contributed by atoms with van der Waals surface area (Å²) in [4.78, 5) is 39.6. The third-order valence-electron chi connectivity index (χ3n) is 10.3. The molecule has 180 valence electrons. The number of carbonyl (C=O) groups is 3. The minimum atomic E-state index is -0.344. The lowest BCUT2D eigenvalue weighted by molar-refractivity contribution is -0.125. The average molecular weight is 469 g/mol. The first kappa shape index (κ1) is 21.5. The number of carbonyl (C=O) groups excluding carboxylic acids is 3. The van der Waals surface area contributed by atoms with Crippen molar-refractivity contribution in [3.05, 3.63) is 59.7 Å². The van der Waals surface area contributed by atoms with Crippen molar-refractivity contribution in [2.75, 3.05) is 0 Å². The number of rotatable bonds is 4. The quantitative estimate of drug-likeness (QED) is 0.312. The molecule has 2 aromatic rings. The Morgan fingerprint density at radius 3 is 2.37 bits per heavy atom. The van der Waals surface area contributed by atoms with Crippen LogP contribution in [-0.4, -0.2) is 23.1 Å². The molecule has 2 aromatic carbocycles. The first-order valence-electron chi connectivity index (χ1n) is 13.5. The topological polar surface area (TPSA) is 60.4 Å². The van der Waals surface area contributed by atoms with Crippen molar-refractivity contribution in [3.63, 3.8) is 0 Å². The molecule has 0 aliphatic heterocycles. The van der Waals surface area contributed by atoms with E-state index in [0.717, 1.165) is 54.9 Å². The summed E-state index contributed by atoms with van der Waals surface area (Å²) in [6.45, 7) is 2.12. The predicted molar refractivity (Wildman–Crippen MR) is 133 cm³/mol. The van der Waals surface area contributed by atoms with Gasteiger partial charge < -0.3 is 4.74 Å². The number of allylic oxidation sites excluding steroid dienone is 2. The normalized spacial score (nSPS) is 36.2. The van der Waals surface area contributed by atoms with Gasteiger partial charge in [-0.15, -0.1) is 0 Å². The molecular weight excluding hydrogens is 436 g/mol. The Labute approximate surface area is 206 Å². The van der Waals surface area contributed by atoms with Crippen LogP contribution < -0.4 is 0 Å². The molecule has 0 radical (unpaired) electrons. The molecule has 35 heavy (non-hydrogen) atoms. The van der Waals surface area contributed by atoms with Gasteiger partial charge in [0.05, 0.1) is 5.56 Å². The van der Waals surface area contributed by atoms with E-state index in [1.54, 1.807) is 0 Å². The third-order valence-corrected chi connectivity index (χ3v) is 10.3. The maximum Gasteiger partial charge on any atom is 0.339 e. The Hall–Kier alpha value is -2.75. The van der Waals surface area contributed by atoms with Gasteiger partial charge in [0.25, 0.3) is 0 Å². The van der Waals surface area contributed by atoms with E-state index in [9.17, 15) is 14.4 Å². The van der Waals surface area contributed by atoms with Crippen molar-refractivity contribution in [2.45, 2.75) is 63.4 Å². The van der Waals surface area contributed by atoms with Gasteiger partial charge in [0.2, 0.25) is 0 Å². The number of ether oxygens (including phenoxy) is 1. The van der Waals surface area contributed by atoms with Crippen molar-refractivity contribution in [2.24, 2.45) is 35.5 Å². The van der Waals surface area contributed by atoms with Crippen LogP contribution in [0.3, 0.4) is 0 Å². The molecule has 0 heterocycles. The largest absolute Gasteiger partial charge is 0.455 e. The monoisotopic (exact) mass is 468 g/mol. The van der Waals surface area contributed by atoms with Gasteiger partial charge in [0, 0.05) is 23.7 Å². The van der Waals surface area contributed by atoms with Gasteiger partial charge in [-0.05, 0) is 78.7 Å². The molecule has 0 saturated heterocycles. The number of ketones is 2. The highest BCUT2D eigenvalue weighted by atomic mass is 16.6. The highest BCUT2D eigenvalue weighted by Gasteiger charge is 2.68. The van der Waals surface area contributed by atoms with Crippen molar-refractivity contribution < 1.29 is 19.1 Å². The highest BCUT2D eigenvalue weighted by molar-refractivity contribution is 6.06. The summed E-state index contributed by atoms with van der Waals surface area (Å²) in [6.07, 6.45) is 11.1. The zero-order valence-electron chi connectivity index (χ0n) is 20.2. The lowest BCUT2D eigenvalue weighted by atomic mass is 9.67. The van der Waals surface area contributed by atoms with Crippen LogP contribution in [-0.2, 0) is 14.3 Å². The molecule has 7 unspecified atom stereocenters. The van der Waals surface area contributed by atoms with Crippen LogP contribution in [0.5, 0.6) is 0 Å². The van der Waals surface area contributed by atoms with E-state index in [2.05, 4.69) is 31.2 Å². The Bertz CT molecular complexity index is 1280. The van der Waals surface area contributed by atoms with Crippen LogP contribution in [0.15, 0.2) is 48.6 Å². The second-order valence-electron chi connectivity index (χ2n) is 11.6. The molecule has 4 saturated carbocycles. The Balaban J connectivity index is 1.25. The summed E-state index contributed by atoms with van der Waals surface area (Å²) in [6, 6.07) is 12.1. The summed E-state index contributed by atoms with van der Waals surface area (Å²) in [7, 11) is 0. The molecule has 7 rings (SSSR count). The molecule has 5 aliphatic rings. The zero-order chi connectivity index (χ0) is 23.9. The molecule has 0 N–H and O–H groups in total. The number of Topliss-reactive ketones (excluding diaryl/α,β-unsaturated/α-hetero) is 2. The van der Waals surface area contributed by atoms with Gasteiger partial charge in [0.1, 0.15) is 17.2 Å². The molecule has 0 amide bonds. The minimum Gasteiger partial charge on any atom is -0.455 e. The molecule has 5 aliphatic carbocycles. The first-order chi connectivity index (χ1) is 17.0. The molecule has 4 heteroatoms. The smallest absolute Gasteiger partial charge is 0.339 e. The highest BCUT2D eigenvalue weighted by Crippen LogP contribution is 2.66. The van der Waals surface area contributed by atoms with E-state index in [0.29, 0.717) is 17.1 Å².